The topological polar surface area (TPSA) is 71.8 Å². The normalized spacial score (nSPS) is 10.7. The molecule has 0 fully saturated rings. The molecule has 0 unspecified atom stereocenters. The van der Waals surface area contributed by atoms with E-state index in [1.165, 1.54) is 23.9 Å². The van der Waals surface area contributed by atoms with Crippen molar-refractivity contribution in [3.63, 3.8) is 0 Å². The summed E-state index contributed by atoms with van der Waals surface area (Å²) in [7, 11) is 0. The molecule has 162 valence electrons. The molecule has 32 heavy (non-hydrogen) atoms. The summed E-state index contributed by atoms with van der Waals surface area (Å²) < 4.78 is 15.0. The van der Waals surface area contributed by atoms with Crippen LogP contribution >= 0.6 is 23.4 Å². The molecule has 0 atom stereocenters. The van der Waals surface area contributed by atoms with Crippen LogP contribution in [0.4, 0.5) is 15.8 Å². The molecule has 6 nitrogen and oxygen atoms in total. The van der Waals surface area contributed by atoms with Crippen molar-refractivity contribution in [1.82, 2.24) is 14.8 Å². The average Bonchev–Trinajstić information content (AvgIpc) is 3.22. The van der Waals surface area contributed by atoms with Crippen LogP contribution in [0.2, 0.25) is 5.02 Å². The quantitative estimate of drug-likeness (QED) is 0.339. The van der Waals surface area contributed by atoms with E-state index in [9.17, 15) is 9.18 Å². The Balaban J connectivity index is 1.49. The van der Waals surface area contributed by atoms with Crippen molar-refractivity contribution in [1.29, 1.82) is 0 Å². The number of carbonyl (C=O) groups is 1. The van der Waals surface area contributed by atoms with Gasteiger partial charge in [-0.15, -0.1) is 10.2 Å². The number of hydrogen-bond acceptors (Lipinski definition) is 5. The zero-order chi connectivity index (χ0) is 22.3. The summed E-state index contributed by atoms with van der Waals surface area (Å²) in [5.41, 5.74) is 2.21. The molecule has 1 heterocycles. The van der Waals surface area contributed by atoms with Crippen LogP contribution in [0, 0.1) is 5.82 Å². The van der Waals surface area contributed by atoms with Gasteiger partial charge in [-0.3, -0.25) is 9.36 Å². The Hall–Kier alpha value is -3.36. The second kappa shape index (κ2) is 10.3. The maximum Gasteiger partial charge on any atom is 0.234 e. The second-order valence-electron chi connectivity index (χ2n) is 6.75. The highest BCUT2D eigenvalue weighted by molar-refractivity contribution is 7.99. The lowest BCUT2D eigenvalue weighted by Gasteiger charge is -2.11. The molecule has 2 N–H and O–H groups in total. The summed E-state index contributed by atoms with van der Waals surface area (Å²) in [6, 6.07) is 22.8. The Morgan fingerprint density at radius 1 is 0.969 bits per heavy atom. The van der Waals surface area contributed by atoms with Gasteiger partial charge in [-0.2, -0.15) is 0 Å². The molecular weight excluding hydrogens is 449 g/mol. The van der Waals surface area contributed by atoms with E-state index in [2.05, 4.69) is 20.8 Å². The van der Waals surface area contributed by atoms with E-state index in [0.29, 0.717) is 28.2 Å². The summed E-state index contributed by atoms with van der Waals surface area (Å²) in [6.07, 6.45) is 0. The van der Waals surface area contributed by atoms with E-state index in [0.717, 1.165) is 11.4 Å². The van der Waals surface area contributed by atoms with Crippen LogP contribution in [-0.4, -0.2) is 26.4 Å². The van der Waals surface area contributed by atoms with Gasteiger partial charge in [-0.05, 0) is 48.5 Å². The highest BCUT2D eigenvalue weighted by Gasteiger charge is 2.16. The number of nitrogens with zero attached hydrogens (tertiary/aromatic N) is 3. The van der Waals surface area contributed by atoms with Crippen molar-refractivity contribution < 1.29 is 9.18 Å². The molecule has 4 rings (SSSR count). The fourth-order valence-electron chi connectivity index (χ4n) is 2.97. The van der Waals surface area contributed by atoms with E-state index < -0.39 is 0 Å². The van der Waals surface area contributed by atoms with Gasteiger partial charge in [0, 0.05) is 11.4 Å². The Morgan fingerprint density at radius 2 is 1.69 bits per heavy atom. The zero-order valence-electron chi connectivity index (χ0n) is 16.8. The van der Waals surface area contributed by atoms with Gasteiger partial charge in [0.2, 0.25) is 5.91 Å². The van der Waals surface area contributed by atoms with E-state index in [-0.39, 0.29) is 17.5 Å². The first kappa shape index (κ1) is 21.9. The minimum atomic E-state index is -0.295. The number of carbonyl (C=O) groups excluding carboxylic acids is 1. The molecule has 0 aliphatic carbocycles. The van der Waals surface area contributed by atoms with Crippen molar-refractivity contribution >= 4 is 40.6 Å². The zero-order valence-corrected chi connectivity index (χ0v) is 18.4. The first-order valence-corrected chi connectivity index (χ1v) is 11.1. The van der Waals surface area contributed by atoms with Gasteiger partial charge in [0.1, 0.15) is 5.82 Å². The molecule has 1 aromatic heterocycles. The van der Waals surface area contributed by atoms with Gasteiger partial charge in [0.15, 0.2) is 11.0 Å². The predicted octanol–water partition coefficient (Wildman–Crippen LogP) is 5.40. The van der Waals surface area contributed by atoms with Crippen LogP contribution in [0.3, 0.4) is 0 Å². The van der Waals surface area contributed by atoms with E-state index >= 15 is 0 Å². The standard InChI is InChI=1S/C23H19ClFN5OS/c24-19-8-4-5-9-20(19)27-22(31)15-32-23-29-28-21(30(23)18-6-2-1-3-7-18)14-26-17-12-10-16(25)11-13-17/h1-13,26H,14-15H2,(H,27,31). The minimum absolute atomic E-state index is 0.140. The van der Waals surface area contributed by atoms with Crippen LogP contribution < -0.4 is 10.6 Å². The number of para-hydroxylation sites is 2. The molecule has 3 aromatic carbocycles. The summed E-state index contributed by atoms with van der Waals surface area (Å²) >= 11 is 7.39. The van der Waals surface area contributed by atoms with Crippen molar-refractivity contribution in [3.05, 3.63) is 95.5 Å². The Labute approximate surface area is 193 Å². The van der Waals surface area contributed by atoms with E-state index in [4.69, 9.17) is 11.6 Å². The van der Waals surface area contributed by atoms with Gasteiger partial charge in [0.25, 0.3) is 0 Å². The molecule has 0 radical (unpaired) electrons. The summed E-state index contributed by atoms with van der Waals surface area (Å²) in [5.74, 6) is 0.310. The third kappa shape index (κ3) is 5.46. The number of rotatable bonds is 8. The number of halogens is 2. The number of hydrogen-bond donors (Lipinski definition) is 2. The van der Waals surface area contributed by atoms with Crippen LogP contribution in [0.1, 0.15) is 5.82 Å². The number of benzene rings is 3. The van der Waals surface area contributed by atoms with Crippen molar-refractivity contribution in [2.45, 2.75) is 11.7 Å². The predicted molar refractivity (Wildman–Crippen MR) is 126 cm³/mol. The lowest BCUT2D eigenvalue weighted by molar-refractivity contribution is -0.113. The Morgan fingerprint density at radius 3 is 2.44 bits per heavy atom. The first-order chi connectivity index (χ1) is 15.6. The van der Waals surface area contributed by atoms with Crippen LogP contribution in [-0.2, 0) is 11.3 Å². The van der Waals surface area contributed by atoms with Crippen LogP contribution in [0.25, 0.3) is 5.69 Å². The molecule has 0 aliphatic rings. The molecule has 0 spiro atoms. The van der Waals surface area contributed by atoms with E-state index in [1.54, 1.807) is 36.4 Å². The van der Waals surface area contributed by atoms with Crippen molar-refractivity contribution in [2.24, 2.45) is 0 Å². The maximum atomic E-state index is 13.2. The van der Waals surface area contributed by atoms with Gasteiger partial charge in [-0.25, -0.2) is 4.39 Å². The second-order valence-corrected chi connectivity index (χ2v) is 8.10. The molecule has 9 heteroatoms. The van der Waals surface area contributed by atoms with E-state index in [1.807, 2.05) is 34.9 Å². The number of nitrogens with one attached hydrogen (secondary N) is 2. The molecule has 0 aliphatic heterocycles. The summed E-state index contributed by atoms with van der Waals surface area (Å²) in [5, 5.41) is 15.7. The van der Waals surface area contributed by atoms with Gasteiger partial charge in [-0.1, -0.05) is 53.7 Å². The molecule has 0 saturated heterocycles. The van der Waals surface area contributed by atoms with Crippen molar-refractivity contribution in [3.8, 4) is 5.69 Å². The molecule has 0 saturated carbocycles. The SMILES string of the molecule is O=C(CSc1nnc(CNc2ccc(F)cc2)n1-c1ccccc1)Nc1ccccc1Cl. The fraction of sp³-hybridized carbons (Fsp3) is 0.0870. The minimum Gasteiger partial charge on any atom is -0.378 e. The number of aromatic nitrogens is 3. The van der Waals surface area contributed by atoms with Crippen LogP contribution in [0.5, 0.6) is 0 Å². The Bertz CT molecular complexity index is 1200. The van der Waals surface area contributed by atoms with Crippen LogP contribution in [0.15, 0.2) is 84.0 Å². The molecule has 0 bridgehead atoms. The maximum absolute atomic E-state index is 13.2. The largest absolute Gasteiger partial charge is 0.378 e. The smallest absolute Gasteiger partial charge is 0.234 e. The third-order valence-corrected chi connectivity index (χ3v) is 5.75. The van der Waals surface area contributed by atoms with Gasteiger partial charge >= 0.3 is 0 Å². The number of amides is 1. The Kier molecular flexibility index (Phi) is 7.03. The first-order valence-electron chi connectivity index (χ1n) is 9.76. The summed E-state index contributed by atoms with van der Waals surface area (Å²) in [6.45, 7) is 0.375. The molecule has 4 aromatic rings. The molecule has 1 amide bonds. The third-order valence-electron chi connectivity index (χ3n) is 4.49. The highest BCUT2D eigenvalue weighted by Crippen LogP contribution is 2.24. The molecular formula is C23H19ClFN5OS. The van der Waals surface area contributed by atoms with Gasteiger partial charge < -0.3 is 10.6 Å². The summed E-state index contributed by atoms with van der Waals surface area (Å²) in [4.78, 5) is 12.4. The lowest BCUT2D eigenvalue weighted by atomic mass is 10.3. The van der Waals surface area contributed by atoms with Crippen molar-refractivity contribution in [2.75, 3.05) is 16.4 Å². The van der Waals surface area contributed by atoms with Gasteiger partial charge in [0.05, 0.1) is 23.0 Å². The average molecular weight is 468 g/mol. The fourth-order valence-corrected chi connectivity index (χ4v) is 3.93. The highest BCUT2D eigenvalue weighted by atomic mass is 35.5. The number of thioether (sulfide) groups is 1. The number of anilines is 2. The monoisotopic (exact) mass is 467 g/mol. The lowest BCUT2D eigenvalue weighted by Crippen LogP contribution is -2.15.